The van der Waals surface area contributed by atoms with Crippen molar-refractivity contribution in [1.82, 2.24) is 5.32 Å². The molecule has 0 aromatic carbocycles. The van der Waals surface area contributed by atoms with Crippen LogP contribution >= 0.6 is 11.8 Å². The molecule has 0 aliphatic carbocycles. The Kier molecular flexibility index (Phi) is 3.37. The molecule has 2 N–H and O–H groups in total. The smallest absolute Gasteiger partial charge is 0.321 e. The first-order valence-corrected chi connectivity index (χ1v) is 4.83. The van der Waals surface area contributed by atoms with Crippen molar-refractivity contribution in [2.24, 2.45) is 0 Å². The predicted molar refractivity (Wildman–Crippen MR) is 47.3 cm³/mol. The van der Waals surface area contributed by atoms with Crippen molar-refractivity contribution in [2.75, 3.05) is 12.9 Å². The Morgan fingerprint density at radius 2 is 2.50 bits per heavy atom. The average Bonchev–Trinajstić information content (AvgIpc) is 2.51. The summed E-state index contributed by atoms with van der Waals surface area (Å²) in [6.07, 6.45) is 0.0550. The highest BCUT2D eigenvalue weighted by molar-refractivity contribution is 8.00. The Balaban J connectivity index is 2.40. The summed E-state index contributed by atoms with van der Waals surface area (Å²) in [5, 5.41) is 11.8. The molecule has 1 saturated heterocycles. The van der Waals surface area contributed by atoms with Gasteiger partial charge in [0.2, 0.25) is 0 Å². The summed E-state index contributed by atoms with van der Waals surface area (Å²) in [5.74, 6) is -0.165. The van der Waals surface area contributed by atoms with Crippen LogP contribution in [0.3, 0.4) is 0 Å². The fourth-order valence-electron chi connectivity index (χ4n) is 1.03. The average molecular weight is 191 g/mol. The van der Waals surface area contributed by atoms with Gasteiger partial charge in [-0.2, -0.15) is 0 Å². The fraction of sp³-hybridized carbons (Fsp3) is 0.857. The molecule has 1 aliphatic rings. The zero-order valence-corrected chi connectivity index (χ0v) is 7.93. The van der Waals surface area contributed by atoms with E-state index in [-0.39, 0.29) is 11.5 Å². The van der Waals surface area contributed by atoms with Gasteiger partial charge < -0.3 is 9.84 Å². The highest BCUT2D eigenvalue weighted by atomic mass is 32.2. The van der Waals surface area contributed by atoms with E-state index in [1.54, 1.807) is 18.9 Å². The van der Waals surface area contributed by atoms with Crippen molar-refractivity contribution in [3.63, 3.8) is 0 Å². The molecule has 0 amide bonds. The molecular formula is C7H13NO3S. The first-order valence-electron chi connectivity index (χ1n) is 3.78. The van der Waals surface area contributed by atoms with E-state index in [0.29, 0.717) is 5.75 Å². The van der Waals surface area contributed by atoms with E-state index >= 15 is 0 Å². The van der Waals surface area contributed by atoms with Gasteiger partial charge in [-0.3, -0.25) is 10.1 Å². The summed E-state index contributed by atoms with van der Waals surface area (Å²) in [5.41, 5.74) is 0. The quantitative estimate of drug-likeness (QED) is 0.664. The van der Waals surface area contributed by atoms with Crippen LogP contribution in [0.5, 0.6) is 0 Å². The summed E-state index contributed by atoms with van der Waals surface area (Å²) in [6.45, 7) is 1.93. The van der Waals surface area contributed by atoms with Crippen molar-refractivity contribution in [1.29, 1.82) is 0 Å². The highest BCUT2D eigenvalue weighted by Crippen LogP contribution is 2.22. The molecule has 1 rings (SSSR count). The van der Waals surface area contributed by atoms with Gasteiger partial charge in [0.15, 0.2) is 0 Å². The molecule has 0 saturated carbocycles. The molecule has 3 atom stereocenters. The Labute approximate surface area is 75.7 Å². The van der Waals surface area contributed by atoms with E-state index in [0.717, 1.165) is 0 Å². The number of carboxylic acid groups (broad SMARTS) is 1. The van der Waals surface area contributed by atoms with Crippen LogP contribution in [0.4, 0.5) is 0 Å². The van der Waals surface area contributed by atoms with Gasteiger partial charge in [0, 0.05) is 12.9 Å². The number of ether oxygens (including phenoxy) is 1. The maximum atomic E-state index is 10.5. The number of thioether (sulfide) groups is 1. The Bertz CT molecular complexity index is 176. The lowest BCUT2D eigenvalue weighted by atomic mass is 10.3. The molecule has 4 nitrogen and oxygen atoms in total. The van der Waals surface area contributed by atoms with E-state index in [9.17, 15) is 4.79 Å². The molecule has 70 valence electrons. The Morgan fingerprint density at radius 1 is 1.83 bits per heavy atom. The molecule has 3 unspecified atom stereocenters. The SMILES string of the molecule is COC(C)C1NC(C(=O)O)CS1. The van der Waals surface area contributed by atoms with Crippen LogP contribution in [0.1, 0.15) is 6.92 Å². The van der Waals surface area contributed by atoms with Gasteiger partial charge in [-0.05, 0) is 6.92 Å². The molecule has 1 heterocycles. The molecule has 12 heavy (non-hydrogen) atoms. The van der Waals surface area contributed by atoms with Crippen LogP contribution in [0.15, 0.2) is 0 Å². The lowest BCUT2D eigenvalue weighted by molar-refractivity contribution is -0.138. The number of nitrogens with one attached hydrogen (secondary N) is 1. The van der Waals surface area contributed by atoms with Gasteiger partial charge in [-0.15, -0.1) is 11.8 Å². The second kappa shape index (κ2) is 4.11. The third kappa shape index (κ3) is 2.12. The molecular weight excluding hydrogens is 178 g/mol. The van der Waals surface area contributed by atoms with Gasteiger partial charge in [0.25, 0.3) is 0 Å². The molecule has 1 aliphatic heterocycles. The lowest BCUT2D eigenvalue weighted by Gasteiger charge is -2.17. The van der Waals surface area contributed by atoms with Crippen LogP contribution in [0, 0.1) is 0 Å². The van der Waals surface area contributed by atoms with Gasteiger partial charge >= 0.3 is 5.97 Å². The van der Waals surface area contributed by atoms with Crippen molar-refractivity contribution >= 4 is 17.7 Å². The van der Waals surface area contributed by atoms with Crippen molar-refractivity contribution in [2.45, 2.75) is 24.4 Å². The third-order valence-electron chi connectivity index (χ3n) is 1.90. The molecule has 5 heteroatoms. The summed E-state index contributed by atoms with van der Waals surface area (Å²) >= 11 is 1.59. The second-order valence-electron chi connectivity index (χ2n) is 2.75. The number of carboxylic acids is 1. The maximum Gasteiger partial charge on any atom is 0.321 e. The van der Waals surface area contributed by atoms with E-state index < -0.39 is 12.0 Å². The van der Waals surface area contributed by atoms with Crippen molar-refractivity contribution in [3.8, 4) is 0 Å². The number of aliphatic carboxylic acids is 1. The minimum atomic E-state index is -0.784. The predicted octanol–water partition coefficient (Wildman–Crippen LogP) is 0.137. The normalized spacial score (nSPS) is 31.8. The molecule has 1 fully saturated rings. The molecule has 0 spiro atoms. The van der Waals surface area contributed by atoms with E-state index in [2.05, 4.69) is 5.32 Å². The van der Waals surface area contributed by atoms with E-state index in [1.165, 1.54) is 0 Å². The summed E-state index contributed by atoms with van der Waals surface area (Å²) in [6, 6.07) is -0.419. The number of hydrogen-bond donors (Lipinski definition) is 2. The van der Waals surface area contributed by atoms with E-state index in [4.69, 9.17) is 9.84 Å². The molecule has 0 bridgehead atoms. The van der Waals surface area contributed by atoms with Crippen LogP contribution in [-0.2, 0) is 9.53 Å². The van der Waals surface area contributed by atoms with E-state index in [1.807, 2.05) is 6.92 Å². The second-order valence-corrected chi connectivity index (χ2v) is 3.93. The van der Waals surface area contributed by atoms with Crippen LogP contribution in [-0.4, -0.2) is 41.5 Å². The fourth-order valence-corrected chi connectivity index (χ4v) is 2.31. The zero-order chi connectivity index (χ0) is 9.14. The topological polar surface area (TPSA) is 58.6 Å². The lowest BCUT2D eigenvalue weighted by Crippen LogP contribution is -2.41. The number of carbonyl (C=O) groups is 1. The van der Waals surface area contributed by atoms with Crippen LogP contribution in [0.25, 0.3) is 0 Å². The first kappa shape index (κ1) is 9.83. The van der Waals surface area contributed by atoms with Gasteiger partial charge in [-0.25, -0.2) is 0 Å². The highest BCUT2D eigenvalue weighted by Gasteiger charge is 2.32. The molecule has 0 aromatic heterocycles. The van der Waals surface area contributed by atoms with Gasteiger partial charge in [0.05, 0.1) is 11.5 Å². The minimum Gasteiger partial charge on any atom is -0.480 e. The molecule has 0 aromatic rings. The largest absolute Gasteiger partial charge is 0.480 e. The standard InChI is InChI=1S/C7H13NO3S/c1-4(11-2)6-8-5(3-12-6)7(9)10/h4-6,8H,3H2,1-2H3,(H,9,10). The number of methoxy groups -OCH3 is 1. The van der Waals surface area contributed by atoms with Crippen molar-refractivity contribution < 1.29 is 14.6 Å². The summed E-state index contributed by atoms with van der Waals surface area (Å²) in [4.78, 5) is 10.5. The number of hydrogen-bond acceptors (Lipinski definition) is 4. The maximum absolute atomic E-state index is 10.5. The van der Waals surface area contributed by atoms with Gasteiger partial charge in [0.1, 0.15) is 6.04 Å². The monoisotopic (exact) mass is 191 g/mol. The third-order valence-corrected chi connectivity index (χ3v) is 3.31. The summed E-state index contributed by atoms with van der Waals surface area (Å²) in [7, 11) is 1.63. The number of rotatable bonds is 3. The Morgan fingerprint density at radius 3 is 2.92 bits per heavy atom. The van der Waals surface area contributed by atoms with Crippen LogP contribution < -0.4 is 5.32 Å². The van der Waals surface area contributed by atoms with Crippen LogP contribution in [0.2, 0.25) is 0 Å². The summed E-state index contributed by atoms with van der Waals surface area (Å²) < 4.78 is 5.09. The Hall–Kier alpha value is -0.260. The minimum absolute atomic E-state index is 0.0550. The van der Waals surface area contributed by atoms with Crippen molar-refractivity contribution in [3.05, 3.63) is 0 Å². The molecule has 0 radical (unpaired) electrons. The zero-order valence-electron chi connectivity index (χ0n) is 7.11. The first-order chi connectivity index (χ1) is 5.65. The van der Waals surface area contributed by atoms with Gasteiger partial charge in [-0.1, -0.05) is 0 Å².